The van der Waals surface area contributed by atoms with Gasteiger partial charge in [0.25, 0.3) is 0 Å². The van der Waals surface area contributed by atoms with Gasteiger partial charge in [-0.3, -0.25) is 0 Å². The van der Waals surface area contributed by atoms with Crippen LogP contribution in [-0.2, 0) is 4.79 Å². The third kappa shape index (κ3) is 4.23. The second-order valence-corrected chi connectivity index (χ2v) is 6.13. The van der Waals surface area contributed by atoms with E-state index in [1.807, 2.05) is 30.2 Å². The normalized spacial score (nSPS) is 15.2. The fourth-order valence-electron chi connectivity index (χ4n) is 2.49. The number of rotatable bonds is 2. The van der Waals surface area contributed by atoms with Gasteiger partial charge in [0, 0.05) is 15.6 Å². The van der Waals surface area contributed by atoms with Crippen molar-refractivity contribution in [3.63, 3.8) is 0 Å². The van der Waals surface area contributed by atoms with E-state index in [-0.39, 0.29) is 0 Å². The fourth-order valence-corrected chi connectivity index (χ4v) is 3.14. The SMILES string of the molecule is O=C=C(C#CCC1CCCCC1)c1ccccc1I. The van der Waals surface area contributed by atoms with Crippen molar-refractivity contribution >= 4 is 34.1 Å². The maximum Gasteiger partial charge on any atom is 0.142 e. The van der Waals surface area contributed by atoms with Gasteiger partial charge < -0.3 is 0 Å². The van der Waals surface area contributed by atoms with Gasteiger partial charge in [-0.25, -0.2) is 4.79 Å². The Balaban J connectivity index is 2.04. The van der Waals surface area contributed by atoms with E-state index in [0.29, 0.717) is 5.57 Å². The second-order valence-electron chi connectivity index (χ2n) is 4.97. The standard InChI is InChI=1S/C17H17IO/c18-17-12-5-4-11-16(17)15(13-19)10-6-9-14-7-2-1-3-8-14/h4-5,11-12,14H,1-3,7-9H2. The number of allylic oxidation sites excluding steroid dienone is 1. The minimum atomic E-state index is 0.487. The molecule has 0 heterocycles. The van der Waals surface area contributed by atoms with Gasteiger partial charge in [-0.1, -0.05) is 49.3 Å². The first kappa shape index (κ1) is 14.4. The molecule has 98 valence electrons. The Morgan fingerprint density at radius 1 is 1.21 bits per heavy atom. The summed E-state index contributed by atoms with van der Waals surface area (Å²) in [6.45, 7) is 0. The molecule has 0 unspecified atom stereocenters. The molecule has 0 saturated heterocycles. The van der Waals surface area contributed by atoms with Crippen LogP contribution in [0, 0.1) is 21.3 Å². The maximum atomic E-state index is 11.1. The van der Waals surface area contributed by atoms with Crippen molar-refractivity contribution in [2.75, 3.05) is 0 Å². The molecule has 1 aliphatic rings. The van der Waals surface area contributed by atoms with Crippen molar-refractivity contribution < 1.29 is 4.79 Å². The van der Waals surface area contributed by atoms with Crippen molar-refractivity contribution in [1.82, 2.24) is 0 Å². The van der Waals surface area contributed by atoms with E-state index in [4.69, 9.17) is 0 Å². The zero-order valence-electron chi connectivity index (χ0n) is 10.9. The highest BCUT2D eigenvalue weighted by Crippen LogP contribution is 2.26. The molecule has 0 amide bonds. The third-order valence-corrected chi connectivity index (χ3v) is 4.51. The largest absolute Gasteiger partial charge is 0.232 e. The smallest absolute Gasteiger partial charge is 0.142 e. The monoisotopic (exact) mass is 364 g/mol. The number of hydrogen-bond acceptors (Lipinski definition) is 1. The van der Waals surface area contributed by atoms with Crippen LogP contribution in [0.2, 0.25) is 0 Å². The minimum Gasteiger partial charge on any atom is -0.232 e. The molecule has 0 aromatic heterocycles. The minimum absolute atomic E-state index is 0.487. The molecule has 19 heavy (non-hydrogen) atoms. The van der Waals surface area contributed by atoms with Gasteiger partial charge >= 0.3 is 0 Å². The maximum absolute atomic E-state index is 11.1. The van der Waals surface area contributed by atoms with Crippen LogP contribution in [0.3, 0.4) is 0 Å². The van der Waals surface area contributed by atoms with Crippen LogP contribution in [-0.4, -0.2) is 5.94 Å². The van der Waals surface area contributed by atoms with Crippen LogP contribution in [0.1, 0.15) is 44.1 Å². The summed E-state index contributed by atoms with van der Waals surface area (Å²) in [5, 5.41) is 0. The molecule has 0 aliphatic heterocycles. The van der Waals surface area contributed by atoms with Crippen LogP contribution >= 0.6 is 22.6 Å². The van der Waals surface area contributed by atoms with E-state index in [9.17, 15) is 4.79 Å². The molecule has 1 aliphatic carbocycles. The first-order valence-corrected chi connectivity index (χ1v) is 7.88. The quantitative estimate of drug-likeness (QED) is 0.430. The predicted octanol–water partition coefficient (Wildman–Crippen LogP) is 4.48. The Labute approximate surface area is 128 Å². The Kier molecular flexibility index (Phi) is 5.69. The molecular weight excluding hydrogens is 347 g/mol. The van der Waals surface area contributed by atoms with E-state index in [0.717, 1.165) is 21.5 Å². The van der Waals surface area contributed by atoms with Gasteiger partial charge in [-0.05, 0) is 47.4 Å². The second kappa shape index (κ2) is 7.53. The summed E-state index contributed by atoms with van der Waals surface area (Å²) in [7, 11) is 0. The van der Waals surface area contributed by atoms with Crippen molar-refractivity contribution in [2.45, 2.75) is 38.5 Å². The van der Waals surface area contributed by atoms with E-state index < -0.39 is 0 Å². The Bertz CT molecular complexity index is 538. The molecule has 0 bridgehead atoms. The molecule has 1 aromatic rings. The van der Waals surface area contributed by atoms with Crippen LogP contribution in [0.15, 0.2) is 24.3 Å². The molecule has 0 spiro atoms. The lowest BCUT2D eigenvalue weighted by Crippen LogP contribution is -2.04. The topological polar surface area (TPSA) is 17.1 Å². The summed E-state index contributed by atoms with van der Waals surface area (Å²) in [6, 6.07) is 7.80. The highest BCUT2D eigenvalue weighted by molar-refractivity contribution is 14.1. The van der Waals surface area contributed by atoms with Gasteiger partial charge in [0.2, 0.25) is 0 Å². The van der Waals surface area contributed by atoms with Gasteiger partial charge in [0.1, 0.15) is 11.5 Å². The van der Waals surface area contributed by atoms with Crippen LogP contribution in [0.25, 0.3) is 5.57 Å². The molecule has 0 atom stereocenters. The predicted molar refractivity (Wildman–Crippen MR) is 87.2 cm³/mol. The molecular formula is C17H17IO. The first-order chi connectivity index (χ1) is 9.31. The van der Waals surface area contributed by atoms with E-state index >= 15 is 0 Å². The lowest BCUT2D eigenvalue weighted by atomic mass is 9.87. The van der Waals surface area contributed by atoms with Crippen molar-refractivity contribution in [3.8, 4) is 11.8 Å². The molecule has 1 fully saturated rings. The zero-order chi connectivity index (χ0) is 13.5. The van der Waals surface area contributed by atoms with Crippen LogP contribution in [0.5, 0.6) is 0 Å². The summed E-state index contributed by atoms with van der Waals surface area (Å²) >= 11 is 2.23. The van der Waals surface area contributed by atoms with Crippen molar-refractivity contribution in [2.24, 2.45) is 5.92 Å². The molecule has 2 heteroatoms. The molecule has 1 nitrogen and oxygen atoms in total. The van der Waals surface area contributed by atoms with Crippen LogP contribution < -0.4 is 0 Å². The van der Waals surface area contributed by atoms with Gasteiger partial charge in [0.05, 0.1) is 0 Å². The molecule has 1 aromatic carbocycles. The van der Waals surface area contributed by atoms with Crippen molar-refractivity contribution in [1.29, 1.82) is 0 Å². The summed E-state index contributed by atoms with van der Waals surface area (Å²) in [4.78, 5) is 11.1. The summed E-state index contributed by atoms with van der Waals surface area (Å²) < 4.78 is 1.05. The first-order valence-electron chi connectivity index (χ1n) is 6.80. The third-order valence-electron chi connectivity index (χ3n) is 3.57. The summed E-state index contributed by atoms with van der Waals surface area (Å²) in [5.41, 5.74) is 1.38. The average Bonchev–Trinajstić information content (AvgIpc) is 2.46. The van der Waals surface area contributed by atoms with E-state index in [2.05, 4.69) is 34.4 Å². The summed E-state index contributed by atoms with van der Waals surface area (Å²) in [6.07, 6.45) is 7.52. The highest BCUT2D eigenvalue weighted by Gasteiger charge is 2.11. The fraction of sp³-hybridized carbons (Fsp3) is 0.412. The van der Waals surface area contributed by atoms with E-state index in [1.165, 1.54) is 32.1 Å². The average molecular weight is 364 g/mol. The summed E-state index contributed by atoms with van der Waals surface area (Å²) in [5.74, 6) is 8.90. The number of benzene rings is 1. The Morgan fingerprint density at radius 3 is 2.63 bits per heavy atom. The van der Waals surface area contributed by atoms with Crippen molar-refractivity contribution in [3.05, 3.63) is 33.4 Å². The van der Waals surface area contributed by atoms with E-state index in [1.54, 1.807) is 0 Å². The molecule has 0 radical (unpaired) electrons. The van der Waals surface area contributed by atoms with Gasteiger partial charge in [-0.15, -0.1) is 0 Å². The Morgan fingerprint density at radius 2 is 1.95 bits per heavy atom. The molecule has 1 saturated carbocycles. The van der Waals surface area contributed by atoms with Crippen LogP contribution in [0.4, 0.5) is 0 Å². The number of carbonyl (C=O) groups excluding carboxylic acids is 1. The number of hydrogen-bond donors (Lipinski definition) is 0. The van der Waals surface area contributed by atoms with Gasteiger partial charge in [0.15, 0.2) is 0 Å². The lowest BCUT2D eigenvalue weighted by Gasteiger charge is -2.18. The molecule has 2 rings (SSSR count). The number of halogens is 1. The Hall–Kier alpha value is -1.04. The zero-order valence-corrected chi connectivity index (χ0v) is 13.1. The highest BCUT2D eigenvalue weighted by atomic mass is 127. The lowest BCUT2D eigenvalue weighted by molar-refractivity contribution is 0.365. The molecule has 0 N–H and O–H groups in total. The van der Waals surface area contributed by atoms with Gasteiger partial charge in [-0.2, -0.15) is 0 Å².